The number of pyridine rings is 1. The molecule has 1 aliphatic heterocycles. The molecule has 0 unspecified atom stereocenters. The minimum Gasteiger partial charge on any atom is -0.496 e. The molecular formula is C22H27N3O3. The van der Waals surface area contributed by atoms with Crippen LogP contribution in [0.5, 0.6) is 5.75 Å². The molecule has 2 heterocycles. The first-order valence-corrected chi connectivity index (χ1v) is 9.74. The van der Waals surface area contributed by atoms with Crippen LogP contribution in [0.15, 0.2) is 42.6 Å². The maximum Gasteiger partial charge on any atom is 0.269 e. The lowest BCUT2D eigenvalue weighted by molar-refractivity contribution is 0.0697. The number of methoxy groups -OCH3 is 1. The largest absolute Gasteiger partial charge is 0.496 e. The highest BCUT2D eigenvalue weighted by Crippen LogP contribution is 2.19. The fourth-order valence-electron chi connectivity index (χ4n) is 3.39. The highest BCUT2D eigenvalue weighted by Gasteiger charge is 2.22. The molecule has 3 rings (SSSR count). The lowest BCUT2D eigenvalue weighted by Crippen LogP contribution is -2.38. The Morgan fingerprint density at radius 1 is 1.21 bits per heavy atom. The van der Waals surface area contributed by atoms with E-state index in [9.17, 15) is 9.59 Å². The third-order valence-electron chi connectivity index (χ3n) is 5.18. The zero-order chi connectivity index (χ0) is 19.9. The number of amides is 2. The van der Waals surface area contributed by atoms with Gasteiger partial charge in [-0.3, -0.25) is 14.6 Å². The number of benzene rings is 1. The average Bonchev–Trinajstić information content (AvgIpc) is 2.74. The molecule has 148 valence electrons. The van der Waals surface area contributed by atoms with Crippen LogP contribution in [-0.2, 0) is 6.42 Å². The molecule has 6 heteroatoms. The molecule has 0 aliphatic carbocycles. The summed E-state index contributed by atoms with van der Waals surface area (Å²) in [4.78, 5) is 31.1. The summed E-state index contributed by atoms with van der Waals surface area (Å²) < 4.78 is 5.33. The van der Waals surface area contributed by atoms with Crippen LogP contribution in [0, 0.1) is 5.92 Å². The maximum atomic E-state index is 12.7. The summed E-state index contributed by atoms with van der Waals surface area (Å²) in [6, 6.07) is 11.0. The first kappa shape index (κ1) is 19.9. The van der Waals surface area contributed by atoms with E-state index in [0.29, 0.717) is 24.4 Å². The summed E-state index contributed by atoms with van der Waals surface area (Å²) in [5.41, 5.74) is 1.80. The van der Waals surface area contributed by atoms with Crippen molar-refractivity contribution in [1.82, 2.24) is 15.2 Å². The van der Waals surface area contributed by atoms with Gasteiger partial charge in [-0.2, -0.15) is 0 Å². The molecule has 0 spiro atoms. The molecule has 0 saturated carbocycles. The molecule has 1 aromatic heterocycles. The smallest absolute Gasteiger partial charge is 0.269 e. The molecule has 1 N–H and O–H groups in total. The van der Waals surface area contributed by atoms with Crippen molar-refractivity contribution in [2.24, 2.45) is 5.92 Å². The van der Waals surface area contributed by atoms with Crippen molar-refractivity contribution in [2.45, 2.75) is 26.2 Å². The Labute approximate surface area is 165 Å². The molecule has 6 nitrogen and oxygen atoms in total. The number of nitrogens with one attached hydrogen (secondary N) is 1. The van der Waals surface area contributed by atoms with Crippen molar-refractivity contribution < 1.29 is 14.3 Å². The fourth-order valence-corrected chi connectivity index (χ4v) is 3.39. The number of hydrogen-bond donors (Lipinski definition) is 1. The van der Waals surface area contributed by atoms with Crippen molar-refractivity contribution in [3.8, 4) is 5.75 Å². The van der Waals surface area contributed by atoms with Crippen LogP contribution in [0.2, 0.25) is 0 Å². The van der Waals surface area contributed by atoms with Crippen LogP contribution in [0.3, 0.4) is 0 Å². The number of carbonyl (C=O) groups excluding carboxylic acids is 2. The van der Waals surface area contributed by atoms with Gasteiger partial charge in [0.25, 0.3) is 11.8 Å². The predicted octanol–water partition coefficient (Wildman–Crippen LogP) is 2.93. The Balaban J connectivity index is 1.58. The molecule has 0 radical (unpaired) electrons. The van der Waals surface area contributed by atoms with Crippen LogP contribution in [-0.4, -0.2) is 48.4 Å². The normalized spacial score (nSPS) is 14.6. The Bertz CT molecular complexity index is 829. The third kappa shape index (κ3) is 4.88. The number of ether oxygens (including phenoxy) is 1. The second-order valence-electron chi connectivity index (χ2n) is 7.22. The number of nitrogens with zero attached hydrogens (tertiary/aromatic N) is 2. The number of carbonyl (C=O) groups is 2. The lowest BCUT2D eigenvalue weighted by Gasteiger charge is -2.30. The first-order valence-electron chi connectivity index (χ1n) is 9.74. The van der Waals surface area contributed by atoms with E-state index < -0.39 is 0 Å². The van der Waals surface area contributed by atoms with Crippen molar-refractivity contribution in [1.29, 1.82) is 0 Å². The van der Waals surface area contributed by atoms with Crippen molar-refractivity contribution in [2.75, 3.05) is 26.7 Å². The van der Waals surface area contributed by atoms with Crippen molar-refractivity contribution >= 4 is 11.8 Å². The Morgan fingerprint density at radius 2 is 1.96 bits per heavy atom. The van der Waals surface area contributed by atoms with E-state index in [1.165, 1.54) is 6.20 Å². The van der Waals surface area contributed by atoms with E-state index in [4.69, 9.17) is 4.74 Å². The summed E-state index contributed by atoms with van der Waals surface area (Å²) in [6.07, 6.45) is 4.22. The summed E-state index contributed by atoms with van der Waals surface area (Å²) in [5.74, 6) is 1.15. The molecule has 1 aliphatic rings. The van der Waals surface area contributed by atoms with Crippen LogP contribution in [0.4, 0.5) is 0 Å². The maximum absolute atomic E-state index is 12.7. The van der Waals surface area contributed by atoms with E-state index in [1.807, 2.05) is 29.2 Å². The second kappa shape index (κ2) is 9.35. The molecule has 0 bridgehead atoms. The summed E-state index contributed by atoms with van der Waals surface area (Å²) in [5, 5.41) is 2.87. The van der Waals surface area contributed by atoms with Gasteiger partial charge >= 0.3 is 0 Å². The molecule has 1 aromatic carbocycles. The molecular weight excluding hydrogens is 354 g/mol. The van der Waals surface area contributed by atoms with Gasteiger partial charge in [-0.1, -0.05) is 25.1 Å². The minimum atomic E-state index is -0.281. The fraction of sp³-hybridized carbons (Fsp3) is 0.409. The van der Waals surface area contributed by atoms with Gasteiger partial charge in [0.2, 0.25) is 0 Å². The molecule has 2 amide bonds. The molecule has 0 atom stereocenters. The van der Waals surface area contributed by atoms with Gasteiger partial charge in [0.05, 0.1) is 7.11 Å². The highest BCUT2D eigenvalue weighted by atomic mass is 16.5. The van der Waals surface area contributed by atoms with Gasteiger partial charge in [-0.25, -0.2) is 0 Å². The lowest BCUT2D eigenvalue weighted by atomic mass is 9.98. The zero-order valence-electron chi connectivity index (χ0n) is 16.5. The SMILES string of the molecule is COc1ccccc1CCNC(=O)c1cc(C(=O)N2CCC(C)CC2)ccn1. The Kier molecular flexibility index (Phi) is 6.63. The Morgan fingerprint density at radius 3 is 2.71 bits per heavy atom. The van der Waals surface area contributed by atoms with Gasteiger partial charge < -0.3 is 15.0 Å². The molecule has 1 fully saturated rings. The molecule has 28 heavy (non-hydrogen) atoms. The predicted molar refractivity (Wildman–Crippen MR) is 108 cm³/mol. The number of para-hydroxylation sites is 1. The standard InChI is InChI=1S/C22H27N3O3/c1-16-9-13-25(14-10-16)22(27)18-8-11-23-19(15-18)21(26)24-12-7-17-5-3-4-6-20(17)28-2/h3-6,8,11,15-16H,7,9-10,12-14H2,1-2H3,(H,24,26). The van der Waals surface area contributed by atoms with Gasteiger partial charge in [-0.15, -0.1) is 0 Å². The third-order valence-corrected chi connectivity index (χ3v) is 5.18. The monoisotopic (exact) mass is 381 g/mol. The van der Waals surface area contributed by atoms with Gasteiger partial charge in [0.15, 0.2) is 0 Å². The van der Waals surface area contributed by atoms with Crippen LogP contribution in [0.1, 0.15) is 46.2 Å². The molecule has 2 aromatic rings. The van der Waals surface area contributed by atoms with Crippen LogP contribution in [0.25, 0.3) is 0 Å². The number of hydrogen-bond acceptors (Lipinski definition) is 4. The summed E-state index contributed by atoms with van der Waals surface area (Å²) >= 11 is 0. The van der Waals surface area contributed by atoms with Gasteiger partial charge in [-0.05, 0) is 48.9 Å². The minimum absolute atomic E-state index is 0.0302. The van der Waals surface area contributed by atoms with Gasteiger partial charge in [0, 0.05) is 31.4 Å². The average molecular weight is 381 g/mol. The molecule has 1 saturated heterocycles. The number of rotatable bonds is 6. The first-order chi connectivity index (χ1) is 13.6. The van der Waals surface area contributed by atoms with Crippen LogP contribution >= 0.6 is 0 Å². The number of piperidine rings is 1. The highest BCUT2D eigenvalue weighted by molar-refractivity contribution is 5.98. The van der Waals surface area contributed by atoms with E-state index in [2.05, 4.69) is 17.2 Å². The van der Waals surface area contributed by atoms with Crippen molar-refractivity contribution in [3.05, 3.63) is 59.4 Å². The number of likely N-dealkylation sites (tertiary alicyclic amines) is 1. The quantitative estimate of drug-likeness (QED) is 0.835. The van der Waals surface area contributed by atoms with Gasteiger partial charge in [0.1, 0.15) is 11.4 Å². The van der Waals surface area contributed by atoms with E-state index >= 15 is 0 Å². The summed E-state index contributed by atoms with van der Waals surface area (Å²) in [6.45, 7) is 4.20. The Hall–Kier alpha value is -2.89. The van der Waals surface area contributed by atoms with E-state index in [0.717, 1.165) is 37.2 Å². The topological polar surface area (TPSA) is 71.5 Å². The summed E-state index contributed by atoms with van der Waals surface area (Å²) in [7, 11) is 1.63. The van der Waals surface area contributed by atoms with E-state index in [-0.39, 0.29) is 17.5 Å². The van der Waals surface area contributed by atoms with Crippen molar-refractivity contribution in [3.63, 3.8) is 0 Å². The van der Waals surface area contributed by atoms with Crippen LogP contribution < -0.4 is 10.1 Å². The zero-order valence-corrected chi connectivity index (χ0v) is 16.5. The number of aromatic nitrogens is 1. The second-order valence-corrected chi connectivity index (χ2v) is 7.22. The van der Waals surface area contributed by atoms with E-state index in [1.54, 1.807) is 19.2 Å².